The summed E-state index contributed by atoms with van der Waals surface area (Å²) in [5.41, 5.74) is 5.52. The van der Waals surface area contributed by atoms with Gasteiger partial charge in [0.15, 0.2) is 0 Å². The van der Waals surface area contributed by atoms with Gasteiger partial charge in [0.05, 0.1) is 11.8 Å². The number of hydrogen-bond donors (Lipinski definition) is 2. The van der Waals surface area contributed by atoms with Gasteiger partial charge in [0, 0.05) is 19.1 Å². The summed E-state index contributed by atoms with van der Waals surface area (Å²) >= 11 is 0. The van der Waals surface area contributed by atoms with Crippen LogP contribution < -0.4 is 10.5 Å². The van der Waals surface area contributed by atoms with Crippen LogP contribution in [-0.2, 0) is 14.8 Å². The molecule has 0 saturated carbocycles. The number of hydrogen-bond acceptors (Lipinski definition) is 4. The molecule has 0 aromatic rings. The van der Waals surface area contributed by atoms with Crippen molar-refractivity contribution in [2.75, 3.05) is 18.8 Å². The first kappa shape index (κ1) is 14.4. The second kappa shape index (κ2) is 5.79. The van der Waals surface area contributed by atoms with E-state index >= 15 is 0 Å². The predicted octanol–water partition coefficient (Wildman–Crippen LogP) is -0.736. The molecule has 6 nitrogen and oxygen atoms in total. The average molecular weight is 263 g/mol. The van der Waals surface area contributed by atoms with Gasteiger partial charge in [0.25, 0.3) is 0 Å². The second-order valence-corrected chi connectivity index (χ2v) is 6.45. The van der Waals surface area contributed by atoms with Crippen LogP contribution in [0, 0.1) is 0 Å². The molecule has 0 bridgehead atoms. The molecule has 1 aliphatic heterocycles. The molecule has 1 rings (SSSR count). The molecule has 0 aliphatic carbocycles. The van der Waals surface area contributed by atoms with Crippen molar-refractivity contribution < 1.29 is 13.2 Å². The van der Waals surface area contributed by atoms with E-state index in [2.05, 4.69) is 4.72 Å². The molecule has 3 N–H and O–H groups in total. The fraction of sp³-hybridized carbons (Fsp3) is 0.900. The van der Waals surface area contributed by atoms with Gasteiger partial charge in [0.2, 0.25) is 15.9 Å². The molecule has 0 aromatic carbocycles. The number of amides is 1. The Labute approximate surface area is 103 Å². The SMILES string of the molecule is CCS(=O)(=O)NC1CCN(C(=O)[C@@H](C)N)CC1. The number of sulfonamides is 1. The normalized spacial score (nSPS) is 20.3. The fourth-order valence-electron chi connectivity index (χ4n) is 1.84. The van der Waals surface area contributed by atoms with E-state index in [0.29, 0.717) is 25.9 Å². The molecule has 0 unspecified atom stereocenters. The zero-order valence-electron chi connectivity index (χ0n) is 10.3. The lowest BCUT2D eigenvalue weighted by atomic mass is 10.1. The maximum Gasteiger partial charge on any atom is 0.239 e. The van der Waals surface area contributed by atoms with Gasteiger partial charge in [-0.25, -0.2) is 13.1 Å². The zero-order valence-corrected chi connectivity index (χ0v) is 11.2. The van der Waals surface area contributed by atoms with Crippen molar-refractivity contribution in [1.82, 2.24) is 9.62 Å². The molecule has 1 atom stereocenters. The van der Waals surface area contributed by atoms with Crippen LogP contribution in [0.15, 0.2) is 0 Å². The molecule has 1 heterocycles. The molecule has 7 heteroatoms. The van der Waals surface area contributed by atoms with E-state index < -0.39 is 16.1 Å². The van der Waals surface area contributed by atoms with Gasteiger partial charge in [0.1, 0.15) is 0 Å². The van der Waals surface area contributed by atoms with Gasteiger partial charge in [-0.15, -0.1) is 0 Å². The van der Waals surface area contributed by atoms with E-state index in [-0.39, 0.29) is 17.7 Å². The first-order valence-corrected chi connectivity index (χ1v) is 7.55. The van der Waals surface area contributed by atoms with Gasteiger partial charge in [-0.2, -0.15) is 0 Å². The third-order valence-electron chi connectivity index (χ3n) is 2.92. The number of rotatable bonds is 4. The molecule has 1 aliphatic rings. The third kappa shape index (κ3) is 4.25. The van der Waals surface area contributed by atoms with Gasteiger partial charge < -0.3 is 10.6 Å². The molecule has 1 amide bonds. The lowest BCUT2D eigenvalue weighted by Crippen LogP contribution is -2.50. The van der Waals surface area contributed by atoms with Crippen LogP contribution >= 0.6 is 0 Å². The number of carbonyl (C=O) groups is 1. The van der Waals surface area contributed by atoms with Crippen molar-refractivity contribution in [3.8, 4) is 0 Å². The molecule has 17 heavy (non-hydrogen) atoms. The Morgan fingerprint density at radius 3 is 2.41 bits per heavy atom. The summed E-state index contributed by atoms with van der Waals surface area (Å²) in [6.45, 7) is 4.40. The molecule has 0 radical (unpaired) electrons. The highest BCUT2D eigenvalue weighted by atomic mass is 32.2. The maximum absolute atomic E-state index is 11.6. The summed E-state index contributed by atoms with van der Waals surface area (Å²) in [4.78, 5) is 13.3. The van der Waals surface area contributed by atoms with E-state index in [1.807, 2.05) is 0 Å². The first-order chi connectivity index (χ1) is 7.85. The third-order valence-corrected chi connectivity index (χ3v) is 4.37. The lowest BCUT2D eigenvalue weighted by molar-refractivity contribution is -0.133. The summed E-state index contributed by atoms with van der Waals surface area (Å²) in [5, 5.41) is 0. The van der Waals surface area contributed by atoms with Crippen LogP contribution in [0.3, 0.4) is 0 Å². The Morgan fingerprint density at radius 1 is 1.47 bits per heavy atom. The Bertz CT molecular complexity index is 359. The van der Waals surface area contributed by atoms with Crippen molar-refractivity contribution in [3.63, 3.8) is 0 Å². The Morgan fingerprint density at radius 2 is 2.00 bits per heavy atom. The first-order valence-electron chi connectivity index (χ1n) is 5.90. The highest BCUT2D eigenvalue weighted by Gasteiger charge is 2.26. The molecule has 1 saturated heterocycles. The number of nitrogens with one attached hydrogen (secondary N) is 1. The van der Waals surface area contributed by atoms with E-state index in [0.717, 1.165) is 0 Å². The summed E-state index contributed by atoms with van der Waals surface area (Å²) < 4.78 is 25.4. The molecule has 0 aromatic heterocycles. The largest absolute Gasteiger partial charge is 0.341 e. The van der Waals surface area contributed by atoms with Crippen LogP contribution in [0.25, 0.3) is 0 Å². The van der Waals surface area contributed by atoms with Crippen molar-refractivity contribution in [2.45, 2.75) is 38.8 Å². The Hall–Kier alpha value is -0.660. The van der Waals surface area contributed by atoms with E-state index in [9.17, 15) is 13.2 Å². The van der Waals surface area contributed by atoms with Crippen LogP contribution in [0.5, 0.6) is 0 Å². The number of nitrogens with two attached hydrogens (primary N) is 1. The molecular weight excluding hydrogens is 242 g/mol. The van der Waals surface area contributed by atoms with Crippen molar-refractivity contribution in [2.24, 2.45) is 5.73 Å². The highest BCUT2D eigenvalue weighted by Crippen LogP contribution is 2.12. The smallest absolute Gasteiger partial charge is 0.239 e. The van der Waals surface area contributed by atoms with Crippen molar-refractivity contribution in [3.05, 3.63) is 0 Å². The van der Waals surface area contributed by atoms with E-state index in [1.54, 1.807) is 18.7 Å². The summed E-state index contributed by atoms with van der Waals surface area (Å²) in [5.74, 6) is 0.0215. The maximum atomic E-state index is 11.6. The Kier molecular flexibility index (Phi) is 4.91. The van der Waals surface area contributed by atoms with Crippen LogP contribution in [-0.4, -0.2) is 50.2 Å². The highest BCUT2D eigenvalue weighted by molar-refractivity contribution is 7.89. The van der Waals surface area contributed by atoms with Crippen molar-refractivity contribution in [1.29, 1.82) is 0 Å². The zero-order chi connectivity index (χ0) is 13.1. The van der Waals surface area contributed by atoms with Gasteiger partial charge >= 0.3 is 0 Å². The lowest BCUT2D eigenvalue weighted by Gasteiger charge is -2.33. The minimum atomic E-state index is -3.15. The van der Waals surface area contributed by atoms with Crippen LogP contribution in [0.1, 0.15) is 26.7 Å². The fourth-order valence-corrected chi connectivity index (χ4v) is 2.75. The minimum Gasteiger partial charge on any atom is -0.341 e. The number of piperidine rings is 1. The number of carbonyl (C=O) groups excluding carboxylic acids is 1. The van der Waals surface area contributed by atoms with Crippen LogP contribution in [0.4, 0.5) is 0 Å². The average Bonchev–Trinajstić information content (AvgIpc) is 2.28. The van der Waals surface area contributed by atoms with Crippen molar-refractivity contribution >= 4 is 15.9 Å². The summed E-state index contributed by atoms with van der Waals surface area (Å²) in [6, 6.07) is -0.545. The Balaban J connectivity index is 2.44. The monoisotopic (exact) mass is 263 g/mol. The van der Waals surface area contributed by atoms with Gasteiger partial charge in [-0.05, 0) is 26.7 Å². The molecular formula is C10H21N3O3S. The number of likely N-dealkylation sites (tertiary alicyclic amines) is 1. The molecule has 1 fully saturated rings. The summed E-state index contributed by atoms with van der Waals surface area (Å²) in [6.07, 6.45) is 1.30. The molecule has 0 spiro atoms. The van der Waals surface area contributed by atoms with Crippen LogP contribution in [0.2, 0.25) is 0 Å². The number of nitrogens with zero attached hydrogens (tertiary/aromatic N) is 1. The standard InChI is InChI=1S/C10H21N3O3S/c1-3-17(15,16)12-9-4-6-13(7-5-9)10(14)8(2)11/h8-9,12H,3-7,11H2,1-2H3/t8-/m1/s1. The van der Waals surface area contributed by atoms with Gasteiger partial charge in [-0.3, -0.25) is 4.79 Å². The topological polar surface area (TPSA) is 92.5 Å². The van der Waals surface area contributed by atoms with Gasteiger partial charge in [-0.1, -0.05) is 0 Å². The van der Waals surface area contributed by atoms with E-state index in [4.69, 9.17) is 5.73 Å². The van der Waals surface area contributed by atoms with E-state index in [1.165, 1.54) is 0 Å². The molecule has 100 valence electrons. The summed E-state index contributed by atoms with van der Waals surface area (Å²) in [7, 11) is -3.15. The minimum absolute atomic E-state index is 0.0583. The second-order valence-electron chi connectivity index (χ2n) is 4.41. The predicted molar refractivity (Wildman–Crippen MR) is 65.8 cm³/mol. The quantitative estimate of drug-likeness (QED) is 0.699.